The van der Waals surface area contributed by atoms with Crippen LogP contribution in [0.2, 0.25) is 0 Å². The lowest BCUT2D eigenvalue weighted by atomic mass is 9.87. The van der Waals surface area contributed by atoms with Crippen molar-refractivity contribution < 1.29 is 14.3 Å². The summed E-state index contributed by atoms with van der Waals surface area (Å²) in [5.74, 6) is 2.66. The number of benzene rings is 1. The van der Waals surface area contributed by atoms with Gasteiger partial charge in [-0.2, -0.15) is 0 Å². The summed E-state index contributed by atoms with van der Waals surface area (Å²) in [5, 5.41) is 0. The zero-order valence-electron chi connectivity index (χ0n) is 19.1. The molecule has 1 atom stereocenters. The van der Waals surface area contributed by atoms with Gasteiger partial charge in [-0.05, 0) is 68.7 Å². The first-order chi connectivity index (χ1) is 15.1. The molecule has 0 radical (unpaired) electrons. The molecule has 4 rings (SSSR count). The highest BCUT2D eigenvalue weighted by atomic mass is 16.5. The van der Waals surface area contributed by atoms with Crippen molar-refractivity contribution in [2.75, 3.05) is 32.8 Å². The molecule has 0 spiro atoms. The van der Waals surface area contributed by atoms with E-state index in [1.54, 1.807) is 0 Å². The van der Waals surface area contributed by atoms with Crippen molar-refractivity contribution in [2.24, 2.45) is 17.8 Å². The molecule has 0 aromatic heterocycles. The predicted molar refractivity (Wildman–Crippen MR) is 122 cm³/mol. The smallest absolute Gasteiger partial charge is 0.253 e. The van der Waals surface area contributed by atoms with Gasteiger partial charge in [0.2, 0.25) is 5.91 Å². The highest BCUT2D eigenvalue weighted by Crippen LogP contribution is 2.28. The van der Waals surface area contributed by atoms with Crippen LogP contribution < -0.4 is 4.74 Å². The van der Waals surface area contributed by atoms with Crippen LogP contribution in [0.4, 0.5) is 0 Å². The summed E-state index contributed by atoms with van der Waals surface area (Å²) in [6, 6.07) is 7.59. The minimum Gasteiger partial charge on any atom is -0.493 e. The molecule has 0 N–H and O–H groups in total. The second kappa shape index (κ2) is 10.5. The fourth-order valence-corrected chi connectivity index (χ4v) is 5.31. The molecule has 5 nitrogen and oxygen atoms in total. The molecular weight excluding hydrogens is 388 g/mol. The summed E-state index contributed by atoms with van der Waals surface area (Å²) in [6.45, 7) is 6.32. The van der Waals surface area contributed by atoms with Gasteiger partial charge in [0.05, 0.1) is 6.61 Å². The topological polar surface area (TPSA) is 49.9 Å². The van der Waals surface area contributed by atoms with Gasteiger partial charge in [0.15, 0.2) is 0 Å². The van der Waals surface area contributed by atoms with Crippen LogP contribution in [-0.4, -0.2) is 54.4 Å². The van der Waals surface area contributed by atoms with Gasteiger partial charge >= 0.3 is 0 Å². The molecule has 1 saturated carbocycles. The van der Waals surface area contributed by atoms with Crippen molar-refractivity contribution in [3.8, 4) is 5.75 Å². The van der Waals surface area contributed by atoms with Gasteiger partial charge in [0.25, 0.3) is 5.91 Å². The summed E-state index contributed by atoms with van der Waals surface area (Å²) in [5.41, 5.74) is 0.740. The van der Waals surface area contributed by atoms with E-state index in [2.05, 4.69) is 11.8 Å². The summed E-state index contributed by atoms with van der Waals surface area (Å²) in [6.07, 6.45) is 10.2. The number of hydrogen-bond donors (Lipinski definition) is 0. The number of piperidine rings is 2. The Labute approximate surface area is 187 Å². The van der Waals surface area contributed by atoms with Crippen LogP contribution in [0, 0.1) is 17.8 Å². The molecule has 2 saturated heterocycles. The van der Waals surface area contributed by atoms with Gasteiger partial charge < -0.3 is 14.5 Å². The number of likely N-dealkylation sites (tertiary alicyclic amines) is 2. The van der Waals surface area contributed by atoms with Gasteiger partial charge in [-0.25, -0.2) is 0 Å². The van der Waals surface area contributed by atoms with Gasteiger partial charge in [-0.3, -0.25) is 9.59 Å². The van der Waals surface area contributed by atoms with Crippen LogP contribution in [0.1, 0.15) is 75.1 Å². The van der Waals surface area contributed by atoms with Crippen molar-refractivity contribution in [1.82, 2.24) is 9.80 Å². The van der Waals surface area contributed by atoms with E-state index in [1.165, 1.54) is 19.3 Å². The lowest BCUT2D eigenvalue weighted by molar-refractivity contribution is -0.138. The molecule has 3 aliphatic rings. The van der Waals surface area contributed by atoms with E-state index < -0.39 is 0 Å². The van der Waals surface area contributed by atoms with E-state index >= 15 is 0 Å². The maximum Gasteiger partial charge on any atom is 0.253 e. The molecule has 2 aliphatic heterocycles. The van der Waals surface area contributed by atoms with Crippen molar-refractivity contribution in [2.45, 2.75) is 64.7 Å². The van der Waals surface area contributed by atoms with Gasteiger partial charge in [0, 0.05) is 43.6 Å². The van der Waals surface area contributed by atoms with Gasteiger partial charge in [0.1, 0.15) is 5.75 Å². The summed E-state index contributed by atoms with van der Waals surface area (Å²) >= 11 is 0. The molecule has 1 aromatic rings. The van der Waals surface area contributed by atoms with E-state index in [1.807, 2.05) is 29.2 Å². The summed E-state index contributed by atoms with van der Waals surface area (Å²) < 4.78 is 6.05. The molecule has 2 amide bonds. The molecule has 170 valence electrons. The van der Waals surface area contributed by atoms with Crippen molar-refractivity contribution in [3.63, 3.8) is 0 Å². The second-order valence-electron chi connectivity index (χ2n) is 9.94. The van der Waals surface area contributed by atoms with E-state index in [9.17, 15) is 9.59 Å². The van der Waals surface area contributed by atoms with Crippen LogP contribution in [0.15, 0.2) is 24.3 Å². The van der Waals surface area contributed by atoms with Crippen LogP contribution in [0.3, 0.4) is 0 Å². The fourth-order valence-electron chi connectivity index (χ4n) is 5.31. The highest BCUT2D eigenvalue weighted by molar-refractivity contribution is 5.94. The molecule has 31 heavy (non-hydrogen) atoms. The largest absolute Gasteiger partial charge is 0.493 e. The maximum atomic E-state index is 12.9. The van der Waals surface area contributed by atoms with Crippen LogP contribution in [-0.2, 0) is 4.79 Å². The Hall–Kier alpha value is -2.04. The molecule has 0 bridgehead atoms. The molecule has 5 heteroatoms. The third kappa shape index (κ3) is 5.81. The minimum atomic E-state index is 0.127. The average Bonchev–Trinajstić information content (AvgIpc) is 2.83. The Morgan fingerprint density at radius 2 is 1.58 bits per heavy atom. The first-order valence-electron chi connectivity index (χ1n) is 12.4. The molecule has 3 fully saturated rings. The van der Waals surface area contributed by atoms with E-state index in [4.69, 9.17) is 4.74 Å². The van der Waals surface area contributed by atoms with E-state index in [0.717, 1.165) is 76.0 Å². The quantitative estimate of drug-likeness (QED) is 0.682. The molecular formula is C26H38N2O3. The normalized spacial score (nSPS) is 23.6. The lowest BCUT2D eigenvalue weighted by Crippen LogP contribution is -2.44. The maximum absolute atomic E-state index is 12.9. The summed E-state index contributed by atoms with van der Waals surface area (Å²) in [4.78, 5) is 29.6. The Balaban J connectivity index is 1.25. The zero-order chi connectivity index (χ0) is 21.6. The zero-order valence-corrected chi connectivity index (χ0v) is 19.1. The third-order valence-corrected chi connectivity index (χ3v) is 7.44. The van der Waals surface area contributed by atoms with Crippen molar-refractivity contribution >= 4 is 11.8 Å². The third-order valence-electron chi connectivity index (χ3n) is 7.44. The van der Waals surface area contributed by atoms with E-state index in [0.29, 0.717) is 24.3 Å². The molecule has 2 heterocycles. The number of carbonyl (C=O) groups excluding carboxylic acids is 2. The monoisotopic (exact) mass is 426 g/mol. The predicted octanol–water partition coefficient (Wildman–Crippen LogP) is 4.76. The number of rotatable bonds is 5. The lowest BCUT2D eigenvalue weighted by Gasteiger charge is -2.35. The molecule has 1 aromatic carbocycles. The Morgan fingerprint density at radius 1 is 0.871 bits per heavy atom. The van der Waals surface area contributed by atoms with Crippen LogP contribution in [0.25, 0.3) is 0 Å². The fraction of sp³-hybridized carbons (Fsp3) is 0.692. The Bertz CT molecular complexity index is 734. The number of amides is 2. The number of carbonyl (C=O) groups is 2. The van der Waals surface area contributed by atoms with Crippen molar-refractivity contribution in [3.05, 3.63) is 29.8 Å². The first kappa shape index (κ1) is 22.2. The highest BCUT2D eigenvalue weighted by Gasteiger charge is 2.30. The van der Waals surface area contributed by atoms with E-state index in [-0.39, 0.29) is 11.8 Å². The summed E-state index contributed by atoms with van der Waals surface area (Å²) in [7, 11) is 0. The van der Waals surface area contributed by atoms with Crippen LogP contribution >= 0.6 is 0 Å². The van der Waals surface area contributed by atoms with Crippen molar-refractivity contribution in [1.29, 1.82) is 0 Å². The Morgan fingerprint density at radius 3 is 2.29 bits per heavy atom. The van der Waals surface area contributed by atoms with Gasteiger partial charge in [-0.15, -0.1) is 0 Å². The SMILES string of the molecule is CC1CCN(C(=O)c2ccc(OC[C@H]3CCCN(C(=O)C4CCCCC4)C3)cc2)CC1. The number of ether oxygens (including phenoxy) is 1. The molecule has 1 aliphatic carbocycles. The second-order valence-corrected chi connectivity index (χ2v) is 9.94. The number of hydrogen-bond acceptors (Lipinski definition) is 3. The minimum absolute atomic E-state index is 0.127. The number of nitrogens with zero attached hydrogens (tertiary/aromatic N) is 2. The standard InChI is InChI=1S/C26H38N2O3/c1-20-13-16-27(17-14-20)25(29)23-9-11-24(12-10-23)31-19-21-6-5-15-28(18-21)26(30)22-7-3-2-4-8-22/h9-12,20-22H,2-8,13-19H2,1H3/t21-/m0/s1. The molecule has 0 unspecified atom stereocenters. The van der Waals surface area contributed by atoms with Crippen LogP contribution in [0.5, 0.6) is 5.75 Å². The first-order valence-corrected chi connectivity index (χ1v) is 12.4. The van der Waals surface area contributed by atoms with Gasteiger partial charge in [-0.1, -0.05) is 26.2 Å². The Kier molecular flexibility index (Phi) is 7.52. The average molecular weight is 427 g/mol.